The van der Waals surface area contributed by atoms with Crippen molar-refractivity contribution in [3.8, 4) is 11.1 Å². The van der Waals surface area contributed by atoms with Crippen LogP contribution in [0.1, 0.15) is 97.0 Å². The van der Waals surface area contributed by atoms with Crippen molar-refractivity contribution in [1.82, 2.24) is 34.4 Å². The number of aromatic nitrogens is 5. The molecule has 5 heterocycles. The van der Waals surface area contributed by atoms with Gasteiger partial charge in [-0.05, 0) is 94.3 Å². The molecule has 0 spiro atoms. The van der Waals surface area contributed by atoms with Crippen LogP contribution in [0.4, 0.5) is 15.7 Å². The highest BCUT2D eigenvalue weighted by Gasteiger charge is 2.30. The molecule has 1 aliphatic carbocycles. The normalized spacial score (nSPS) is 14.6. The summed E-state index contributed by atoms with van der Waals surface area (Å²) in [6, 6.07) is 12.7. The van der Waals surface area contributed by atoms with Crippen molar-refractivity contribution in [3.63, 3.8) is 0 Å². The quantitative estimate of drug-likeness (QED) is 0.110. The Kier molecular flexibility index (Phi) is 13.2. The minimum atomic E-state index is -4.41. The summed E-state index contributed by atoms with van der Waals surface area (Å²) >= 11 is 1.28. The van der Waals surface area contributed by atoms with Gasteiger partial charge < -0.3 is 19.6 Å². The Balaban J connectivity index is 1.16. The lowest BCUT2D eigenvalue weighted by Gasteiger charge is -2.31. The van der Waals surface area contributed by atoms with Crippen molar-refractivity contribution < 1.29 is 37.4 Å². The van der Waals surface area contributed by atoms with Crippen LogP contribution in [0.15, 0.2) is 54.9 Å². The molecule has 328 valence electrons. The van der Waals surface area contributed by atoms with E-state index in [-0.39, 0.29) is 24.7 Å². The summed E-state index contributed by atoms with van der Waals surface area (Å²) in [5.41, 5.74) is 3.67. The van der Waals surface area contributed by atoms with Crippen LogP contribution in [0, 0.1) is 12.8 Å². The number of carboxylic acid groups (broad SMARTS) is 1. The number of nitrogens with one attached hydrogen (secondary N) is 2. The van der Waals surface area contributed by atoms with Crippen molar-refractivity contribution in [2.45, 2.75) is 91.3 Å². The molecule has 0 unspecified atom stereocenters. The summed E-state index contributed by atoms with van der Waals surface area (Å²) < 4.78 is 36.6. The highest BCUT2D eigenvalue weighted by molar-refractivity contribution is 7.90. The summed E-state index contributed by atoms with van der Waals surface area (Å²) in [5, 5.41) is 17.3. The van der Waals surface area contributed by atoms with Crippen LogP contribution < -0.4 is 14.9 Å². The highest BCUT2D eigenvalue weighted by atomic mass is 32.2. The predicted octanol–water partition coefficient (Wildman–Crippen LogP) is 6.42. The number of ether oxygens (including phenoxy) is 1. The van der Waals surface area contributed by atoms with Gasteiger partial charge in [-0.25, -0.2) is 32.9 Å². The molecule has 3 amide bonds. The molecule has 1 aliphatic heterocycles. The zero-order valence-electron chi connectivity index (χ0n) is 35.2. The van der Waals surface area contributed by atoms with E-state index in [4.69, 9.17) is 9.72 Å². The maximum atomic E-state index is 14.2. The van der Waals surface area contributed by atoms with Gasteiger partial charge >= 0.3 is 12.1 Å². The molecule has 7 rings (SSSR count). The molecule has 1 fully saturated rings. The molecule has 19 heteroatoms. The van der Waals surface area contributed by atoms with Crippen molar-refractivity contribution >= 4 is 66.5 Å². The summed E-state index contributed by atoms with van der Waals surface area (Å²) in [5.74, 6) is -2.34. The number of carbonyl (C=O) groups is 4. The second-order valence-electron chi connectivity index (χ2n) is 16.7. The number of anilines is 2. The molecule has 17 nitrogen and oxygen atoms in total. The first-order valence-electron chi connectivity index (χ1n) is 20.7. The summed E-state index contributed by atoms with van der Waals surface area (Å²) in [6.45, 7) is 7.60. The topological polar surface area (TPSA) is 219 Å². The van der Waals surface area contributed by atoms with E-state index in [0.717, 1.165) is 41.1 Å². The van der Waals surface area contributed by atoms with Gasteiger partial charge in [0, 0.05) is 61.3 Å². The van der Waals surface area contributed by atoms with E-state index in [2.05, 4.69) is 25.1 Å². The third-order valence-corrected chi connectivity index (χ3v) is 13.1. The molecule has 0 saturated heterocycles. The number of nitrogens with zero attached hydrogens (tertiary/aromatic N) is 7. The fraction of sp³-hybridized carbons (Fsp3) is 0.442. The fourth-order valence-electron chi connectivity index (χ4n) is 7.82. The molecule has 0 atom stereocenters. The minimum absolute atomic E-state index is 0.150. The number of rotatable bonds is 14. The van der Waals surface area contributed by atoms with Gasteiger partial charge in [0.15, 0.2) is 5.13 Å². The summed E-state index contributed by atoms with van der Waals surface area (Å²) in [7, 11) is -4.41. The summed E-state index contributed by atoms with van der Waals surface area (Å²) in [4.78, 5) is 69.5. The van der Waals surface area contributed by atoms with Crippen molar-refractivity contribution in [1.29, 1.82) is 0 Å². The Bertz CT molecular complexity index is 2560. The van der Waals surface area contributed by atoms with Gasteiger partial charge in [-0.2, -0.15) is 5.10 Å². The van der Waals surface area contributed by atoms with Crippen LogP contribution in [-0.2, 0) is 39.1 Å². The van der Waals surface area contributed by atoms with Crippen LogP contribution in [0.5, 0.6) is 0 Å². The molecule has 1 aromatic carbocycles. The maximum absolute atomic E-state index is 14.2. The van der Waals surface area contributed by atoms with E-state index in [0.29, 0.717) is 56.9 Å². The van der Waals surface area contributed by atoms with E-state index in [1.807, 2.05) is 34.7 Å². The number of pyridine rings is 2. The lowest BCUT2D eigenvalue weighted by Crippen LogP contribution is -2.43. The molecule has 62 heavy (non-hydrogen) atoms. The number of thiazole rings is 1. The van der Waals surface area contributed by atoms with Crippen LogP contribution in [0.25, 0.3) is 21.5 Å². The number of amides is 3. The third kappa shape index (κ3) is 10.7. The molecule has 5 aromatic rings. The van der Waals surface area contributed by atoms with E-state index in [1.165, 1.54) is 30.6 Å². The Hall–Kier alpha value is -5.95. The number of benzene rings is 1. The average molecular weight is 886 g/mol. The van der Waals surface area contributed by atoms with Crippen LogP contribution in [-0.4, -0.2) is 98.0 Å². The molecule has 1 saturated carbocycles. The zero-order valence-corrected chi connectivity index (χ0v) is 36.9. The molecule has 3 N–H and O–H groups in total. The molecule has 0 bridgehead atoms. The van der Waals surface area contributed by atoms with Gasteiger partial charge in [0.05, 0.1) is 18.4 Å². The van der Waals surface area contributed by atoms with Gasteiger partial charge in [-0.15, -0.1) is 0 Å². The Morgan fingerprint density at radius 2 is 1.77 bits per heavy atom. The van der Waals surface area contributed by atoms with Crippen molar-refractivity contribution in [3.05, 3.63) is 82.9 Å². The van der Waals surface area contributed by atoms with Crippen LogP contribution in [0.2, 0.25) is 0 Å². The Labute approximate surface area is 364 Å². The van der Waals surface area contributed by atoms with Crippen molar-refractivity contribution in [2.24, 2.45) is 5.92 Å². The molecule has 2 aliphatic rings. The Morgan fingerprint density at radius 3 is 2.52 bits per heavy atom. The van der Waals surface area contributed by atoms with E-state index < -0.39 is 52.3 Å². The van der Waals surface area contributed by atoms with Gasteiger partial charge in [-0.1, -0.05) is 42.7 Å². The lowest BCUT2D eigenvalue weighted by molar-refractivity contribution is -0.137. The van der Waals surface area contributed by atoms with Crippen molar-refractivity contribution in [2.75, 3.05) is 35.6 Å². The number of hydrogen-bond donors (Lipinski definition) is 3. The molecule has 0 radical (unpaired) electrons. The molecular formula is C43H51N9O8S2. The second-order valence-corrected chi connectivity index (χ2v) is 19.5. The number of fused-ring (bicyclic) bond motifs is 2. The van der Waals surface area contributed by atoms with Gasteiger partial charge in [-0.3, -0.25) is 24.4 Å². The maximum Gasteiger partial charge on any atom is 0.410 e. The zero-order chi connectivity index (χ0) is 44.2. The molecule has 4 aromatic heterocycles. The highest BCUT2D eigenvalue weighted by Crippen LogP contribution is 2.33. The van der Waals surface area contributed by atoms with Gasteiger partial charge in [0.2, 0.25) is 10.0 Å². The van der Waals surface area contributed by atoms with E-state index in [9.17, 15) is 32.7 Å². The first-order valence-corrected chi connectivity index (χ1v) is 23.2. The second kappa shape index (κ2) is 18.6. The van der Waals surface area contributed by atoms with Gasteiger partial charge in [0.1, 0.15) is 27.5 Å². The number of hydrogen-bond acceptors (Lipinski definition) is 13. The number of carbonyl (C=O) groups excluding carboxylic acids is 3. The fourth-order valence-corrected chi connectivity index (χ4v) is 9.57. The first-order chi connectivity index (χ1) is 29.5. The predicted molar refractivity (Wildman–Crippen MR) is 235 cm³/mol. The van der Waals surface area contributed by atoms with Crippen LogP contribution >= 0.6 is 11.3 Å². The largest absolute Gasteiger partial charge is 0.481 e. The van der Waals surface area contributed by atoms with E-state index in [1.54, 1.807) is 57.4 Å². The SMILES string of the molecule is Cc1c(-c2ccc(N3CCc4cccc(C(=O)Nc5nc6cccnc6s5)c4C3)nc2C(=O)NS(=O)(=O)CCN(CCC(=O)O)C(=O)OC(C)(C)C)cnn1CC1CCCCC1. The monoisotopic (exact) mass is 885 g/mol. The average Bonchev–Trinajstić information content (AvgIpc) is 3.81. The number of carboxylic acids is 1. The van der Waals surface area contributed by atoms with Crippen LogP contribution in [0.3, 0.4) is 0 Å². The number of aliphatic carboxylic acids is 1. The molecular weight excluding hydrogens is 835 g/mol. The summed E-state index contributed by atoms with van der Waals surface area (Å²) in [6.07, 6.45) is 8.39. The standard InChI is InChI=1S/C43H51N9O8S2/c1-27-32(24-45-52(27)25-28-10-6-5-7-11-28)30-15-16-35(47-37(30)39(56)49-62(58,59)23-22-50(21-18-36(53)54)42(57)60-43(2,3)4)51-20-17-29-12-8-13-31(33(29)26-51)38(55)48-41-46-34-14-9-19-44-40(34)61-41/h8-9,12-16,19,24,28H,5-7,10-11,17-18,20-23,25-26H2,1-4H3,(H,49,56)(H,53,54)(H,46,48,55). The minimum Gasteiger partial charge on any atom is -0.481 e. The first kappa shape index (κ1) is 44.1. The Morgan fingerprint density at radius 1 is 0.984 bits per heavy atom. The van der Waals surface area contributed by atoms with Gasteiger partial charge in [0.25, 0.3) is 11.8 Å². The third-order valence-electron chi connectivity index (χ3n) is 11.0. The van der Waals surface area contributed by atoms with E-state index >= 15 is 0 Å². The lowest BCUT2D eigenvalue weighted by atomic mass is 9.89. The smallest absolute Gasteiger partial charge is 0.410 e. The number of sulfonamides is 1.